The maximum atomic E-state index is 10.1. The highest BCUT2D eigenvalue weighted by Crippen LogP contribution is 2.26. The molecule has 1 heterocycles. The van der Waals surface area contributed by atoms with E-state index in [1.807, 2.05) is 6.07 Å². The van der Waals surface area contributed by atoms with Crippen molar-refractivity contribution in [1.29, 1.82) is 0 Å². The van der Waals surface area contributed by atoms with Crippen molar-refractivity contribution in [2.24, 2.45) is 5.92 Å². The summed E-state index contributed by atoms with van der Waals surface area (Å²) in [7, 11) is 0. The first-order valence-electron chi connectivity index (χ1n) is 7.21. The number of aliphatic hydroxyl groups excluding tert-OH is 2. The Morgan fingerprint density at radius 3 is 2.50 bits per heavy atom. The number of hydrogen-bond acceptors (Lipinski definition) is 2. The summed E-state index contributed by atoms with van der Waals surface area (Å²) in [6.07, 6.45) is 11.4. The molecular formula is C15H27NO2. The molecule has 2 unspecified atom stereocenters. The van der Waals surface area contributed by atoms with E-state index >= 15 is 0 Å². The standard InChI is InChI=1S/C15H27NO2/c1-2-3-4-5-6-7-8-14(12-17)15(18)13-9-10-16-11-13/h9-11,14-18H,2-8,12H2,1H3. The van der Waals surface area contributed by atoms with E-state index in [-0.39, 0.29) is 12.5 Å². The van der Waals surface area contributed by atoms with Gasteiger partial charge in [0.05, 0.1) is 6.10 Å². The van der Waals surface area contributed by atoms with Crippen molar-refractivity contribution in [3.8, 4) is 0 Å². The second-order valence-electron chi connectivity index (χ2n) is 5.09. The first-order valence-corrected chi connectivity index (χ1v) is 7.21. The highest BCUT2D eigenvalue weighted by molar-refractivity contribution is 5.12. The van der Waals surface area contributed by atoms with Crippen LogP contribution in [0.4, 0.5) is 0 Å². The van der Waals surface area contributed by atoms with Gasteiger partial charge in [-0.3, -0.25) is 0 Å². The van der Waals surface area contributed by atoms with Gasteiger partial charge in [-0.1, -0.05) is 45.4 Å². The fourth-order valence-electron chi connectivity index (χ4n) is 2.33. The van der Waals surface area contributed by atoms with E-state index in [0.717, 1.165) is 18.4 Å². The average Bonchev–Trinajstić information content (AvgIpc) is 2.91. The largest absolute Gasteiger partial charge is 0.396 e. The Kier molecular flexibility index (Phi) is 7.78. The summed E-state index contributed by atoms with van der Waals surface area (Å²) in [4.78, 5) is 2.94. The molecule has 3 N–H and O–H groups in total. The maximum Gasteiger partial charge on any atom is 0.0854 e. The number of aromatic nitrogens is 1. The molecule has 0 spiro atoms. The van der Waals surface area contributed by atoms with Crippen molar-refractivity contribution in [2.75, 3.05) is 6.61 Å². The molecule has 0 saturated carbocycles. The highest BCUT2D eigenvalue weighted by atomic mass is 16.3. The topological polar surface area (TPSA) is 56.2 Å². The van der Waals surface area contributed by atoms with Gasteiger partial charge in [-0.25, -0.2) is 0 Å². The number of aliphatic hydroxyl groups is 2. The van der Waals surface area contributed by atoms with Gasteiger partial charge in [0.2, 0.25) is 0 Å². The molecule has 1 aromatic heterocycles. The average molecular weight is 253 g/mol. The Morgan fingerprint density at radius 2 is 1.89 bits per heavy atom. The van der Waals surface area contributed by atoms with Crippen LogP contribution in [0, 0.1) is 5.92 Å². The van der Waals surface area contributed by atoms with Gasteiger partial charge in [-0.15, -0.1) is 0 Å². The fourth-order valence-corrected chi connectivity index (χ4v) is 2.33. The summed E-state index contributed by atoms with van der Waals surface area (Å²) >= 11 is 0. The molecule has 0 aliphatic carbocycles. The Hall–Kier alpha value is -0.800. The van der Waals surface area contributed by atoms with Gasteiger partial charge in [0, 0.05) is 24.9 Å². The second kappa shape index (κ2) is 9.17. The van der Waals surface area contributed by atoms with Gasteiger partial charge in [-0.2, -0.15) is 0 Å². The lowest BCUT2D eigenvalue weighted by molar-refractivity contribution is 0.0604. The maximum absolute atomic E-state index is 10.1. The molecule has 3 heteroatoms. The molecule has 0 aliphatic rings. The summed E-state index contributed by atoms with van der Waals surface area (Å²) in [5.74, 6) is -0.0352. The molecule has 0 radical (unpaired) electrons. The monoisotopic (exact) mass is 253 g/mol. The molecular weight excluding hydrogens is 226 g/mol. The molecule has 0 aliphatic heterocycles. The van der Waals surface area contributed by atoms with Crippen LogP contribution in [0.1, 0.15) is 63.5 Å². The normalized spacial score (nSPS) is 14.6. The van der Waals surface area contributed by atoms with Crippen LogP contribution in [0.3, 0.4) is 0 Å². The van der Waals surface area contributed by atoms with Crippen molar-refractivity contribution in [2.45, 2.75) is 58.0 Å². The number of unbranched alkanes of at least 4 members (excludes halogenated alkanes) is 5. The smallest absolute Gasteiger partial charge is 0.0854 e. The Bertz CT molecular complexity index is 285. The summed E-state index contributed by atoms with van der Waals surface area (Å²) in [6.45, 7) is 2.27. The number of H-pyrrole nitrogens is 1. The molecule has 3 nitrogen and oxygen atoms in total. The van der Waals surface area contributed by atoms with Crippen LogP contribution >= 0.6 is 0 Å². The minimum Gasteiger partial charge on any atom is -0.396 e. The van der Waals surface area contributed by atoms with Crippen LogP contribution in [-0.2, 0) is 0 Å². The zero-order valence-electron chi connectivity index (χ0n) is 11.4. The first-order chi connectivity index (χ1) is 8.79. The minimum absolute atomic E-state index is 0.0352. The molecule has 0 saturated heterocycles. The molecule has 1 aromatic rings. The van der Waals surface area contributed by atoms with Crippen molar-refractivity contribution >= 4 is 0 Å². The lowest BCUT2D eigenvalue weighted by Crippen LogP contribution is -2.16. The molecule has 18 heavy (non-hydrogen) atoms. The van der Waals surface area contributed by atoms with E-state index in [1.165, 1.54) is 32.1 Å². The lowest BCUT2D eigenvalue weighted by atomic mass is 9.92. The molecule has 0 fully saturated rings. The minimum atomic E-state index is -0.545. The molecule has 1 rings (SSSR count). The number of aromatic amines is 1. The molecule has 0 bridgehead atoms. The van der Waals surface area contributed by atoms with Crippen molar-refractivity contribution in [1.82, 2.24) is 4.98 Å². The van der Waals surface area contributed by atoms with E-state index < -0.39 is 6.10 Å². The summed E-state index contributed by atoms with van der Waals surface area (Å²) < 4.78 is 0. The molecule has 0 amide bonds. The number of rotatable bonds is 10. The van der Waals surface area contributed by atoms with Crippen molar-refractivity contribution < 1.29 is 10.2 Å². The van der Waals surface area contributed by atoms with Gasteiger partial charge in [0.15, 0.2) is 0 Å². The van der Waals surface area contributed by atoms with E-state index in [4.69, 9.17) is 0 Å². The van der Waals surface area contributed by atoms with E-state index in [1.54, 1.807) is 12.4 Å². The van der Waals surface area contributed by atoms with E-state index in [0.29, 0.717) is 0 Å². The van der Waals surface area contributed by atoms with Gasteiger partial charge in [-0.05, 0) is 18.1 Å². The SMILES string of the molecule is CCCCCCCCC(CO)C(O)c1cc[nH]c1. The zero-order chi connectivity index (χ0) is 13.2. The molecule has 104 valence electrons. The van der Waals surface area contributed by atoms with Gasteiger partial charge >= 0.3 is 0 Å². The van der Waals surface area contributed by atoms with E-state index in [9.17, 15) is 10.2 Å². The summed E-state index contributed by atoms with van der Waals surface area (Å²) in [5, 5.41) is 19.5. The third-order valence-corrected chi connectivity index (χ3v) is 3.57. The van der Waals surface area contributed by atoms with Crippen LogP contribution in [-0.4, -0.2) is 21.8 Å². The predicted molar refractivity (Wildman–Crippen MR) is 74.3 cm³/mol. The summed E-state index contributed by atoms with van der Waals surface area (Å²) in [6, 6.07) is 1.87. The first kappa shape index (κ1) is 15.3. The third-order valence-electron chi connectivity index (χ3n) is 3.57. The van der Waals surface area contributed by atoms with Crippen LogP contribution in [0.15, 0.2) is 18.5 Å². The molecule has 2 atom stereocenters. The van der Waals surface area contributed by atoms with Crippen molar-refractivity contribution in [3.63, 3.8) is 0 Å². The Balaban J connectivity index is 2.21. The predicted octanol–water partition coefficient (Wildman–Crippen LogP) is 3.41. The zero-order valence-corrected chi connectivity index (χ0v) is 11.4. The lowest BCUT2D eigenvalue weighted by Gasteiger charge is -2.20. The van der Waals surface area contributed by atoms with Gasteiger partial charge in [0.25, 0.3) is 0 Å². The number of nitrogens with one attached hydrogen (secondary N) is 1. The second-order valence-corrected chi connectivity index (χ2v) is 5.09. The Labute approximate surface area is 110 Å². The van der Waals surface area contributed by atoms with Crippen molar-refractivity contribution in [3.05, 3.63) is 24.0 Å². The highest BCUT2D eigenvalue weighted by Gasteiger charge is 2.19. The van der Waals surface area contributed by atoms with Crippen LogP contribution in [0.5, 0.6) is 0 Å². The van der Waals surface area contributed by atoms with Crippen LogP contribution < -0.4 is 0 Å². The van der Waals surface area contributed by atoms with Crippen LogP contribution in [0.2, 0.25) is 0 Å². The fraction of sp³-hybridized carbons (Fsp3) is 0.733. The summed E-state index contributed by atoms with van der Waals surface area (Å²) in [5.41, 5.74) is 0.875. The van der Waals surface area contributed by atoms with Gasteiger partial charge < -0.3 is 15.2 Å². The van der Waals surface area contributed by atoms with Gasteiger partial charge in [0.1, 0.15) is 0 Å². The van der Waals surface area contributed by atoms with E-state index in [2.05, 4.69) is 11.9 Å². The van der Waals surface area contributed by atoms with Crippen LogP contribution in [0.25, 0.3) is 0 Å². The Morgan fingerprint density at radius 1 is 1.17 bits per heavy atom. The third kappa shape index (κ3) is 5.23. The quantitative estimate of drug-likeness (QED) is 0.560. The number of hydrogen-bond donors (Lipinski definition) is 3. The molecule has 0 aromatic carbocycles.